The van der Waals surface area contributed by atoms with E-state index in [4.69, 9.17) is 0 Å². The van der Waals surface area contributed by atoms with Gasteiger partial charge in [-0.05, 0) is 25.3 Å². The van der Waals surface area contributed by atoms with E-state index in [1.165, 1.54) is 19.3 Å². The van der Waals surface area contributed by atoms with E-state index in [2.05, 4.69) is 20.4 Å². The molecule has 1 saturated carbocycles. The lowest BCUT2D eigenvalue weighted by molar-refractivity contribution is 0.444. The number of anilines is 1. The molecule has 0 aromatic carbocycles. The van der Waals surface area contributed by atoms with Crippen molar-refractivity contribution in [2.75, 3.05) is 5.32 Å². The van der Waals surface area contributed by atoms with Gasteiger partial charge in [0.2, 0.25) is 0 Å². The van der Waals surface area contributed by atoms with Crippen LogP contribution in [0.3, 0.4) is 0 Å². The average Bonchev–Trinajstić information content (AvgIpc) is 2.77. The SMILES string of the molecule is c1cnn(-c2cc(NC3CCC3)ncn2)c1. The van der Waals surface area contributed by atoms with Gasteiger partial charge >= 0.3 is 0 Å². The zero-order valence-electron chi connectivity index (χ0n) is 8.87. The monoisotopic (exact) mass is 215 g/mol. The molecular formula is C11H13N5. The highest BCUT2D eigenvalue weighted by Crippen LogP contribution is 2.22. The molecule has 0 atom stereocenters. The number of rotatable bonds is 3. The minimum Gasteiger partial charge on any atom is -0.367 e. The van der Waals surface area contributed by atoms with Crippen molar-refractivity contribution in [1.29, 1.82) is 0 Å². The van der Waals surface area contributed by atoms with Crippen LogP contribution in [0.1, 0.15) is 19.3 Å². The minimum atomic E-state index is 0.584. The van der Waals surface area contributed by atoms with Crippen LogP contribution >= 0.6 is 0 Å². The van der Waals surface area contributed by atoms with Crippen LogP contribution in [-0.2, 0) is 0 Å². The van der Waals surface area contributed by atoms with E-state index in [-0.39, 0.29) is 0 Å². The summed E-state index contributed by atoms with van der Waals surface area (Å²) in [4.78, 5) is 8.39. The van der Waals surface area contributed by atoms with Crippen molar-refractivity contribution in [2.24, 2.45) is 0 Å². The van der Waals surface area contributed by atoms with Gasteiger partial charge in [0.25, 0.3) is 0 Å². The molecule has 0 bridgehead atoms. The molecule has 1 aliphatic rings. The summed E-state index contributed by atoms with van der Waals surface area (Å²) in [5.41, 5.74) is 0. The predicted octanol–water partition coefficient (Wildman–Crippen LogP) is 1.63. The van der Waals surface area contributed by atoms with Gasteiger partial charge in [-0.2, -0.15) is 5.10 Å². The van der Waals surface area contributed by atoms with Gasteiger partial charge in [-0.3, -0.25) is 0 Å². The third kappa shape index (κ3) is 1.76. The second-order valence-corrected chi connectivity index (χ2v) is 3.98. The van der Waals surface area contributed by atoms with Crippen molar-refractivity contribution in [3.63, 3.8) is 0 Å². The van der Waals surface area contributed by atoms with E-state index < -0.39 is 0 Å². The van der Waals surface area contributed by atoms with E-state index in [1.807, 2.05) is 18.3 Å². The number of nitrogens with one attached hydrogen (secondary N) is 1. The Morgan fingerprint density at radius 3 is 2.94 bits per heavy atom. The molecule has 0 aliphatic heterocycles. The van der Waals surface area contributed by atoms with Crippen molar-refractivity contribution in [3.05, 3.63) is 30.9 Å². The highest BCUT2D eigenvalue weighted by molar-refractivity contribution is 5.41. The molecule has 0 radical (unpaired) electrons. The van der Waals surface area contributed by atoms with Crippen molar-refractivity contribution < 1.29 is 0 Å². The Balaban J connectivity index is 1.82. The van der Waals surface area contributed by atoms with Crippen LogP contribution in [0.5, 0.6) is 0 Å². The van der Waals surface area contributed by atoms with Crippen LogP contribution in [0.15, 0.2) is 30.9 Å². The third-order valence-electron chi connectivity index (χ3n) is 2.85. The lowest BCUT2D eigenvalue weighted by Gasteiger charge is -2.26. The summed E-state index contributed by atoms with van der Waals surface area (Å²) in [6.07, 6.45) is 8.96. The molecule has 3 rings (SSSR count). The lowest BCUT2D eigenvalue weighted by Crippen LogP contribution is -2.27. The fourth-order valence-electron chi connectivity index (χ4n) is 1.72. The van der Waals surface area contributed by atoms with Gasteiger partial charge in [0.1, 0.15) is 12.1 Å². The molecule has 1 aliphatic carbocycles. The fourth-order valence-corrected chi connectivity index (χ4v) is 1.72. The summed E-state index contributed by atoms with van der Waals surface area (Å²) in [6, 6.07) is 4.38. The summed E-state index contributed by atoms with van der Waals surface area (Å²) in [5, 5.41) is 7.53. The molecule has 5 nitrogen and oxygen atoms in total. The molecule has 0 saturated heterocycles. The van der Waals surface area contributed by atoms with Crippen molar-refractivity contribution in [3.8, 4) is 5.82 Å². The summed E-state index contributed by atoms with van der Waals surface area (Å²) >= 11 is 0. The van der Waals surface area contributed by atoms with Crippen LogP contribution in [-0.4, -0.2) is 25.8 Å². The second kappa shape index (κ2) is 3.92. The van der Waals surface area contributed by atoms with Crippen LogP contribution in [0.4, 0.5) is 5.82 Å². The first-order valence-corrected chi connectivity index (χ1v) is 5.50. The summed E-state index contributed by atoms with van der Waals surface area (Å²) in [7, 11) is 0. The molecule has 1 fully saturated rings. The Kier molecular flexibility index (Phi) is 2.29. The average molecular weight is 215 g/mol. The highest BCUT2D eigenvalue weighted by Gasteiger charge is 2.17. The summed E-state index contributed by atoms with van der Waals surface area (Å²) in [6.45, 7) is 0. The molecule has 2 aromatic rings. The maximum Gasteiger partial charge on any atom is 0.158 e. The smallest absolute Gasteiger partial charge is 0.158 e. The number of hydrogen-bond donors (Lipinski definition) is 1. The number of hydrogen-bond acceptors (Lipinski definition) is 4. The van der Waals surface area contributed by atoms with Gasteiger partial charge in [-0.1, -0.05) is 0 Å². The van der Waals surface area contributed by atoms with Crippen LogP contribution in [0.2, 0.25) is 0 Å². The zero-order chi connectivity index (χ0) is 10.8. The van der Waals surface area contributed by atoms with E-state index in [9.17, 15) is 0 Å². The first-order chi connectivity index (χ1) is 7.92. The van der Waals surface area contributed by atoms with Gasteiger partial charge in [0.15, 0.2) is 5.82 Å². The van der Waals surface area contributed by atoms with E-state index in [1.54, 1.807) is 17.2 Å². The molecule has 16 heavy (non-hydrogen) atoms. The second-order valence-electron chi connectivity index (χ2n) is 3.98. The Bertz CT molecular complexity index is 461. The molecular weight excluding hydrogens is 202 g/mol. The standard InChI is InChI=1S/C11H13N5/c1-3-9(4-1)15-10-7-11(13-8-12-10)16-6-2-5-14-16/h2,5-9H,1,3-4H2,(H,12,13,15). The molecule has 5 heteroatoms. The minimum absolute atomic E-state index is 0.584. The van der Waals surface area contributed by atoms with E-state index >= 15 is 0 Å². The van der Waals surface area contributed by atoms with Gasteiger partial charge in [0.05, 0.1) is 0 Å². The normalized spacial score (nSPS) is 15.8. The van der Waals surface area contributed by atoms with Gasteiger partial charge in [-0.15, -0.1) is 0 Å². The van der Waals surface area contributed by atoms with Gasteiger partial charge in [0, 0.05) is 24.5 Å². The highest BCUT2D eigenvalue weighted by atomic mass is 15.3. The Morgan fingerprint density at radius 1 is 1.31 bits per heavy atom. The van der Waals surface area contributed by atoms with Crippen LogP contribution < -0.4 is 5.32 Å². The van der Waals surface area contributed by atoms with Crippen molar-refractivity contribution in [2.45, 2.75) is 25.3 Å². The summed E-state index contributed by atoms with van der Waals surface area (Å²) < 4.78 is 1.73. The molecule has 82 valence electrons. The molecule has 1 N–H and O–H groups in total. The van der Waals surface area contributed by atoms with Crippen LogP contribution in [0, 0.1) is 0 Å². The number of aromatic nitrogens is 4. The maximum absolute atomic E-state index is 4.21. The molecule has 0 amide bonds. The van der Waals surface area contributed by atoms with Gasteiger partial charge in [-0.25, -0.2) is 14.6 Å². The molecule has 2 aromatic heterocycles. The van der Waals surface area contributed by atoms with Crippen molar-refractivity contribution in [1.82, 2.24) is 19.7 Å². The molecule has 0 spiro atoms. The van der Waals surface area contributed by atoms with E-state index in [0.717, 1.165) is 11.6 Å². The first kappa shape index (κ1) is 9.33. The molecule has 0 unspecified atom stereocenters. The predicted molar refractivity (Wildman–Crippen MR) is 60.4 cm³/mol. The molecule has 2 heterocycles. The number of nitrogens with zero attached hydrogens (tertiary/aromatic N) is 4. The van der Waals surface area contributed by atoms with E-state index in [0.29, 0.717) is 6.04 Å². The topological polar surface area (TPSA) is 55.6 Å². The largest absolute Gasteiger partial charge is 0.367 e. The Morgan fingerprint density at radius 2 is 2.25 bits per heavy atom. The maximum atomic E-state index is 4.21. The summed E-state index contributed by atoms with van der Waals surface area (Å²) in [5.74, 6) is 1.67. The van der Waals surface area contributed by atoms with Crippen molar-refractivity contribution >= 4 is 5.82 Å². The van der Waals surface area contributed by atoms with Gasteiger partial charge < -0.3 is 5.32 Å². The lowest BCUT2D eigenvalue weighted by atomic mass is 9.93. The zero-order valence-corrected chi connectivity index (χ0v) is 8.87. The Labute approximate surface area is 93.5 Å². The van der Waals surface area contributed by atoms with Crippen LogP contribution in [0.25, 0.3) is 5.82 Å². The quantitative estimate of drug-likeness (QED) is 0.845. The Hall–Kier alpha value is -1.91. The fraction of sp³-hybridized carbons (Fsp3) is 0.364. The third-order valence-corrected chi connectivity index (χ3v) is 2.85. The first-order valence-electron chi connectivity index (χ1n) is 5.50.